The van der Waals surface area contributed by atoms with Crippen LogP contribution < -0.4 is 36.3 Å². The normalized spacial score (nSPS) is 27.3. The molecule has 2 fully saturated rings. The van der Waals surface area contributed by atoms with Crippen LogP contribution in [-0.2, 0) is 16.2 Å². The summed E-state index contributed by atoms with van der Waals surface area (Å²) < 4.78 is 0. The maximum Gasteiger partial charge on any atom is 0.252 e. The largest absolute Gasteiger partial charge is 0.335 e. The highest BCUT2D eigenvalue weighted by atomic mass is 28.3. The Hall–Kier alpha value is -4.22. The molecule has 4 atom stereocenters. The summed E-state index contributed by atoms with van der Waals surface area (Å²) in [5.41, 5.74) is 21.5. The summed E-state index contributed by atoms with van der Waals surface area (Å²) in [6, 6.07) is 35.0. The van der Waals surface area contributed by atoms with Crippen LogP contribution in [0.1, 0.15) is 128 Å². The first-order valence-electron chi connectivity index (χ1n) is 23.4. The van der Waals surface area contributed by atoms with Crippen molar-refractivity contribution in [1.29, 1.82) is 0 Å². The van der Waals surface area contributed by atoms with E-state index in [0.717, 1.165) is 0 Å². The molecule has 0 saturated heterocycles. The van der Waals surface area contributed by atoms with E-state index in [1.165, 1.54) is 119 Å². The van der Waals surface area contributed by atoms with Crippen LogP contribution in [0.25, 0.3) is 0 Å². The van der Waals surface area contributed by atoms with Crippen molar-refractivity contribution in [3.63, 3.8) is 0 Å². The van der Waals surface area contributed by atoms with Crippen molar-refractivity contribution in [1.82, 2.24) is 0 Å². The SMILES string of the molecule is Cc1cccc(N2c3cc(C)ccc3B3c4cc([Si](C)(C)C)cc5c4N(c4cc(N6c7ccc(C(C)(C)C)cc7C7(C)CCCCC67C)cc2c43)C2(C)CCCCC52C)c1. The third-order valence-electron chi connectivity index (χ3n) is 17.5. The Kier molecular flexibility index (Phi) is 7.89. The molecule has 5 aromatic carbocycles. The van der Waals surface area contributed by atoms with Crippen molar-refractivity contribution < 1.29 is 0 Å². The molecule has 308 valence electrons. The molecule has 0 amide bonds. The number of rotatable bonds is 3. The molecule has 60 heavy (non-hydrogen) atoms. The van der Waals surface area contributed by atoms with Crippen LogP contribution in [0.5, 0.6) is 0 Å². The predicted molar refractivity (Wildman–Crippen MR) is 263 cm³/mol. The van der Waals surface area contributed by atoms with Gasteiger partial charge >= 0.3 is 0 Å². The van der Waals surface area contributed by atoms with Crippen LogP contribution in [0, 0.1) is 13.8 Å². The molecule has 3 nitrogen and oxygen atoms in total. The van der Waals surface area contributed by atoms with Gasteiger partial charge in [-0.3, -0.25) is 0 Å². The molecule has 4 heterocycles. The highest BCUT2D eigenvalue weighted by Crippen LogP contribution is 2.65. The lowest BCUT2D eigenvalue weighted by atomic mass is 9.33. The fourth-order valence-corrected chi connectivity index (χ4v) is 14.8. The van der Waals surface area contributed by atoms with Gasteiger partial charge in [0.2, 0.25) is 0 Å². The van der Waals surface area contributed by atoms with Crippen molar-refractivity contribution in [2.75, 3.05) is 14.7 Å². The van der Waals surface area contributed by atoms with E-state index in [4.69, 9.17) is 0 Å². The lowest BCUT2D eigenvalue weighted by molar-refractivity contribution is 0.194. The van der Waals surface area contributed by atoms with Gasteiger partial charge in [-0.15, -0.1) is 0 Å². The summed E-state index contributed by atoms with van der Waals surface area (Å²) in [6.07, 6.45) is 10.00. The highest BCUT2D eigenvalue weighted by molar-refractivity contribution is 7.01. The molecule has 2 aliphatic carbocycles. The van der Waals surface area contributed by atoms with Crippen molar-refractivity contribution >= 4 is 76.2 Å². The van der Waals surface area contributed by atoms with Gasteiger partial charge < -0.3 is 14.7 Å². The van der Waals surface area contributed by atoms with Crippen molar-refractivity contribution in [3.8, 4) is 0 Å². The second kappa shape index (κ2) is 12.2. The lowest BCUT2D eigenvalue weighted by Crippen LogP contribution is -2.65. The molecule has 5 heteroatoms. The molecule has 4 unspecified atom stereocenters. The fourth-order valence-electron chi connectivity index (χ4n) is 13.6. The topological polar surface area (TPSA) is 9.72 Å². The Morgan fingerprint density at radius 3 is 1.90 bits per heavy atom. The van der Waals surface area contributed by atoms with Gasteiger partial charge in [-0.05, 0) is 139 Å². The van der Waals surface area contributed by atoms with E-state index in [9.17, 15) is 0 Å². The Morgan fingerprint density at radius 2 is 1.22 bits per heavy atom. The molecule has 0 N–H and O–H groups in total. The number of aryl methyl sites for hydroxylation is 2. The Bertz CT molecular complexity index is 2670. The minimum absolute atomic E-state index is 0.0345. The predicted octanol–water partition coefficient (Wildman–Crippen LogP) is 12.2. The first-order valence-corrected chi connectivity index (χ1v) is 26.9. The van der Waals surface area contributed by atoms with E-state index < -0.39 is 8.07 Å². The van der Waals surface area contributed by atoms with Crippen molar-refractivity contribution in [2.24, 2.45) is 0 Å². The quantitative estimate of drug-likeness (QED) is 0.165. The standard InChI is InChI=1S/C55H66BN3Si/c1-35-18-17-19-38(28-35)57-46-29-36(2)20-22-43(46)56-44-34-40(60(10,11)12)33-42-50(44)59(55(9)27-16-14-25-53(42,55)7)48-32-39(31-47(57)49(48)56)58-45-23-21-37(51(3,4)5)30-41(45)52(6)24-13-15-26-54(52,58)8/h17-23,28-34H,13-16,24-27H2,1-12H3. The summed E-state index contributed by atoms with van der Waals surface area (Å²) in [5, 5.41) is 1.61. The monoisotopic (exact) mass is 808 g/mol. The second-order valence-corrected chi connectivity index (χ2v) is 28.1. The van der Waals surface area contributed by atoms with E-state index in [-0.39, 0.29) is 34.0 Å². The molecule has 5 aromatic rings. The van der Waals surface area contributed by atoms with Crippen LogP contribution >= 0.6 is 0 Å². The Balaban J connectivity index is 1.27. The van der Waals surface area contributed by atoms with Crippen LogP contribution in [-0.4, -0.2) is 25.9 Å². The van der Waals surface area contributed by atoms with Gasteiger partial charge in [0.1, 0.15) is 0 Å². The number of fused-ring (bicyclic) bond motifs is 10. The Morgan fingerprint density at radius 1 is 0.567 bits per heavy atom. The molecule has 11 rings (SSSR count). The summed E-state index contributed by atoms with van der Waals surface area (Å²) in [7, 11) is -1.68. The molecular weight excluding hydrogens is 742 g/mol. The molecule has 2 saturated carbocycles. The zero-order chi connectivity index (χ0) is 42.1. The number of hydrogen-bond acceptors (Lipinski definition) is 3. The average Bonchev–Trinajstić information content (AvgIpc) is 3.53. The highest BCUT2D eigenvalue weighted by Gasteiger charge is 2.63. The summed E-state index contributed by atoms with van der Waals surface area (Å²) in [6.45, 7) is 30.0. The first kappa shape index (κ1) is 38.7. The van der Waals surface area contributed by atoms with Crippen LogP contribution in [0.15, 0.2) is 84.9 Å². The van der Waals surface area contributed by atoms with Gasteiger partial charge in [0.25, 0.3) is 6.71 Å². The summed E-state index contributed by atoms with van der Waals surface area (Å²) >= 11 is 0. The number of hydrogen-bond donors (Lipinski definition) is 0. The minimum atomic E-state index is -1.68. The third kappa shape index (κ3) is 4.85. The van der Waals surface area contributed by atoms with E-state index >= 15 is 0 Å². The second-order valence-electron chi connectivity index (χ2n) is 23.1. The van der Waals surface area contributed by atoms with Gasteiger partial charge in [0.15, 0.2) is 0 Å². The van der Waals surface area contributed by atoms with Crippen LogP contribution in [0.4, 0.5) is 39.8 Å². The summed E-state index contributed by atoms with van der Waals surface area (Å²) in [5.74, 6) is 0. The maximum absolute atomic E-state index is 2.96. The van der Waals surface area contributed by atoms with Crippen molar-refractivity contribution in [2.45, 2.75) is 161 Å². The first-order chi connectivity index (χ1) is 28.3. The maximum atomic E-state index is 2.96. The zero-order valence-electron chi connectivity index (χ0n) is 38.7. The smallest absolute Gasteiger partial charge is 0.252 e. The van der Waals surface area contributed by atoms with Crippen LogP contribution in [0.2, 0.25) is 19.6 Å². The van der Waals surface area contributed by atoms with Gasteiger partial charge in [-0.2, -0.15) is 0 Å². The molecule has 0 radical (unpaired) electrons. The molecular formula is C55H66BN3Si. The van der Waals surface area contributed by atoms with Gasteiger partial charge in [-0.25, -0.2) is 0 Å². The van der Waals surface area contributed by atoms with E-state index in [1.807, 2.05) is 0 Å². The average molecular weight is 808 g/mol. The van der Waals surface area contributed by atoms with E-state index in [0.29, 0.717) is 0 Å². The van der Waals surface area contributed by atoms with Gasteiger partial charge in [0, 0.05) is 50.6 Å². The molecule has 4 aliphatic heterocycles. The Labute approximate surface area is 362 Å². The molecule has 0 spiro atoms. The summed E-state index contributed by atoms with van der Waals surface area (Å²) in [4.78, 5) is 8.49. The molecule has 0 aromatic heterocycles. The molecule has 0 bridgehead atoms. The number of anilines is 7. The van der Waals surface area contributed by atoms with E-state index in [2.05, 4.69) is 182 Å². The number of nitrogens with zero attached hydrogens (tertiary/aromatic N) is 3. The van der Waals surface area contributed by atoms with Gasteiger partial charge in [0.05, 0.1) is 19.2 Å². The zero-order valence-corrected chi connectivity index (χ0v) is 39.7. The lowest BCUT2D eigenvalue weighted by Gasteiger charge is -2.53. The minimum Gasteiger partial charge on any atom is -0.335 e. The van der Waals surface area contributed by atoms with Crippen LogP contribution in [0.3, 0.4) is 0 Å². The van der Waals surface area contributed by atoms with E-state index in [1.54, 1.807) is 21.8 Å². The fraction of sp³-hybridized carbons (Fsp3) is 0.455. The van der Waals surface area contributed by atoms with Gasteiger partial charge in [-0.1, -0.05) is 134 Å². The third-order valence-corrected chi connectivity index (χ3v) is 19.5. The molecule has 6 aliphatic rings. The van der Waals surface area contributed by atoms with Crippen molar-refractivity contribution in [3.05, 3.63) is 113 Å². The number of benzene rings is 5.